The molecule has 2 aliphatic rings. The number of hydrogen-bond donors (Lipinski definition) is 2. The third-order valence-corrected chi connectivity index (χ3v) is 4.26. The Morgan fingerprint density at radius 3 is 3.20 bits per heavy atom. The molecule has 5 nitrogen and oxygen atoms in total. The average molecular weight is 292 g/mol. The fourth-order valence-corrected chi connectivity index (χ4v) is 2.99. The van der Waals surface area contributed by atoms with E-state index in [0.717, 1.165) is 31.1 Å². The van der Waals surface area contributed by atoms with Crippen LogP contribution in [0.2, 0.25) is 0 Å². The number of rotatable bonds is 4. The van der Waals surface area contributed by atoms with Gasteiger partial charge >= 0.3 is 0 Å². The normalized spacial score (nSPS) is 26.2. The Balaban J connectivity index is 1.50. The van der Waals surface area contributed by atoms with E-state index < -0.39 is 0 Å². The van der Waals surface area contributed by atoms with Crippen molar-refractivity contribution in [3.8, 4) is 0 Å². The topological polar surface area (TPSA) is 63.4 Å². The number of nitrogens with zero attached hydrogens (tertiary/aromatic N) is 2. The minimum absolute atomic E-state index is 0.237. The van der Waals surface area contributed by atoms with Gasteiger partial charge in [-0.3, -0.25) is 4.90 Å². The van der Waals surface area contributed by atoms with Crippen LogP contribution in [-0.2, 0) is 4.74 Å². The maximum Gasteiger partial charge on any atom is 0.126 e. The van der Waals surface area contributed by atoms with Crippen LogP contribution >= 0.6 is 12.2 Å². The molecule has 2 unspecified atom stereocenters. The number of pyridine rings is 1. The van der Waals surface area contributed by atoms with Crippen LogP contribution < -0.4 is 11.1 Å². The van der Waals surface area contributed by atoms with Crippen LogP contribution in [-0.4, -0.2) is 53.3 Å². The standard InChI is InChI=1S/C14H20N4OS/c15-14(20)10-3-4-13(16-6-10)17-7-12-8-18-5-1-2-11(18)9-19-12/h3-4,6,11-12H,1-2,5,7-9H2,(H2,15,20)(H,16,17). The van der Waals surface area contributed by atoms with E-state index in [0.29, 0.717) is 11.0 Å². The molecular weight excluding hydrogens is 272 g/mol. The first-order valence-electron chi connectivity index (χ1n) is 7.08. The number of aromatic nitrogens is 1. The average Bonchev–Trinajstić information content (AvgIpc) is 2.93. The molecule has 0 radical (unpaired) electrons. The predicted molar refractivity (Wildman–Crippen MR) is 82.9 cm³/mol. The Kier molecular flexibility index (Phi) is 4.14. The minimum Gasteiger partial charge on any atom is -0.389 e. The minimum atomic E-state index is 0.237. The summed E-state index contributed by atoms with van der Waals surface area (Å²) in [6.07, 6.45) is 4.52. The van der Waals surface area contributed by atoms with Crippen molar-refractivity contribution < 1.29 is 4.74 Å². The van der Waals surface area contributed by atoms with Crippen LogP contribution in [0.25, 0.3) is 0 Å². The van der Waals surface area contributed by atoms with Crippen molar-refractivity contribution in [2.24, 2.45) is 5.73 Å². The Bertz CT molecular complexity index is 479. The number of fused-ring (bicyclic) bond motifs is 1. The molecule has 6 heteroatoms. The van der Waals surface area contributed by atoms with Gasteiger partial charge in [0.2, 0.25) is 0 Å². The van der Waals surface area contributed by atoms with E-state index in [1.54, 1.807) is 6.20 Å². The summed E-state index contributed by atoms with van der Waals surface area (Å²) in [5, 5.41) is 3.31. The summed E-state index contributed by atoms with van der Waals surface area (Å²) in [7, 11) is 0. The van der Waals surface area contributed by atoms with Gasteiger partial charge in [0.25, 0.3) is 0 Å². The molecule has 3 heterocycles. The van der Waals surface area contributed by atoms with Crippen LogP contribution in [0.15, 0.2) is 18.3 Å². The Morgan fingerprint density at radius 1 is 1.55 bits per heavy atom. The Morgan fingerprint density at radius 2 is 2.45 bits per heavy atom. The quantitative estimate of drug-likeness (QED) is 0.807. The lowest BCUT2D eigenvalue weighted by Crippen LogP contribution is -2.48. The summed E-state index contributed by atoms with van der Waals surface area (Å²) >= 11 is 4.91. The molecule has 3 N–H and O–H groups in total. The molecule has 1 aromatic rings. The lowest BCUT2D eigenvalue weighted by atomic mass is 10.2. The zero-order chi connectivity index (χ0) is 13.9. The number of ether oxygens (including phenoxy) is 1. The largest absolute Gasteiger partial charge is 0.389 e. The van der Waals surface area contributed by atoms with Gasteiger partial charge in [-0.25, -0.2) is 4.98 Å². The highest BCUT2D eigenvalue weighted by molar-refractivity contribution is 7.80. The van der Waals surface area contributed by atoms with Gasteiger partial charge < -0.3 is 15.8 Å². The first kappa shape index (κ1) is 13.7. The van der Waals surface area contributed by atoms with Gasteiger partial charge in [-0.1, -0.05) is 12.2 Å². The van der Waals surface area contributed by atoms with Gasteiger partial charge in [0.1, 0.15) is 10.8 Å². The smallest absolute Gasteiger partial charge is 0.126 e. The van der Waals surface area contributed by atoms with E-state index in [1.807, 2.05) is 12.1 Å². The van der Waals surface area contributed by atoms with E-state index in [-0.39, 0.29) is 6.10 Å². The molecule has 20 heavy (non-hydrogen) atoms. The van der Waals surface area contributed by atoms with Gasteiger partial charge in [0.15, 0.2) is 0 Å². The summed E-state index contributed by atoms with van der Waals surface area (Å²) in [5.41, 5.74) is 6.34. The predicted octanol–water partition coefficient (Wildman–Crippen LogP) is 0.991. The first-order valence-corrected chi connectivity index (χ1v) is 7.48. The highest BCUT2D eigenvalue weighted by atomic mass is 32.1. The third kappa shape index (κ3) is 3.08. The fraction of sp³-hybridized carbons (Fsp3) is 0.571. The molecule has 0 amide bonds. The zero-order valence-corrected chi connectivity index (χ0v) is 12.2. The fourth-order valence-electron chi connectivity index (χ4n) is 2.87. The van der Waals surface area contributed by atoms with Crippen LogP contribution in [0.1, 0.15) is 18.4 Å². The summed E-state index contributed by atoms with van der Waals surface area (Å²) in [5.74, 6) is 0.831. The number of thiocarbonyl (C=S) groups is 1. The molecule has 2 saturated heterocycles. The van der Waals surface area contributed by atoms with Crippen LogP contribution in [0.3, 0.4) is 0 Å². The summed E-state index contributed by atoms with van der Waals surface area (Å²) in [6.45, 7) is 3.87. The zero-order valence-electron chi connectivity index (χ0n) is 11.4. The molecule has 0 saturated carbocycles. The van der Waals surface area contributed by atoms with Crippen molar-refractivity contribution >= 4 is 23.0 Å². The molecule has 0 bridgehead atoms. The highest BCUT2D eigenvalue weighted by Crippen LogP contribution is 2.22. The second-order valence-corrected chi connectivity index (χ2v) is 5.86. The number of nitrogens with two attached hydrogens (primary N) is 1. The van der Waals surface area contributed by atoms with Crippen LogP contribution in [0, 0.1) is 0 Å². The number of morpholine rings is 1. The Hall–Kier alpha value is -1.24. The molecule has 108 valence electrons. The highest BCUT2D eigenvalue weighted by Gasteiger charge is 2.31. The van der Waals surface area contributed by atoms with Crippen molar-refractivity contribution in [2.45, 2.75) is 25.0 Å². The molecule has 2 fully saturated rings. The number of nitrogens with one attached hydrogen (secondary N) is 1. The summed E-state index contributed by atoms with van der Waals surface area (Å²) in [4.78, 5) is 7.22. The van der Waals surface area contributed by atoms with Gasteiger partial charge in [0, 0.05) is 30.9 Å². The van der Waals surface area contributed by atoms with Crippen molar-refractivity contribution in [3.05, 3.63) is 23.9 Å². The van der Waals surface area contributed by atoms with Crippen molar-refractivity contribution in [2.75, 3.05) is 31.6 Å². The molecule has 0 aliphatic carbocycles. The van der Waals surface area contributed by atoms with Crippen molar-refractivity contribution in [1.82, 2.24) is 9.88 Å². The van der Waals surface area contributed by atoms with Crippen molar-refractivity contribution in [1.29, 1.82) is 0 Å². The first-order chi connectivity index (χ1) is 9.72. The SMILES string of the molecule is NC(=S)c1ccc(NCC2CN3CCCC3CO2)nc1. The molecule has 0 aromatic carbocycles. The van der Waals surface area contributed by atoms with E-state index in [1.165, 1.54) is 19.4 Å². The van der Waals surface area contributed by atoms with Crippen LogP contribution in [0.5, 0.6) is 0 Å². The van der Waals surface area contributed by atoms with Crippen molar-refractivity contribution in [3.63, 3.8) is 0 Å². The third-order valence-electron chi connectivity index (χ3n) is 4.02. The van der Waals surface area contributed by atoms with E-state index in [4.69, 9.17) is 22.7 Å². The van der Waals surface area contributed by atoms with Gasteiger partial charge in [-0.05, 0) is 31.5 Å². The lowest BCUT2D eigenvalue weighted by Gasteiger charge is -2.35. The molecule has 2 atom stereocenters. The van der Waals surface area contributed by atoms with E-state index >= 15 is 0 Å². The lowest BCUT2D eigenvalue weighted by molar-refractivity contribution is -0.0416. The second-order valence-electron chi connectivity index (χ2n) is 5.42. The molecule has 1 aromatic heterocycles. The number of hydrogen-bond acceptors (Lipinski definition) is 5. The monoisotopic (exact) mass is 292 g/mol. The van der Waals surface area contributed by atoms with Gasteiger partial charge in [-0.15, -0.1) is 0 Å². The van der Waals surface area contributed by atoms with Gasteiger partial charge in [0.05, 0.1) is 12.7 Å². The van der Waals surface area contributed by atoms with Crippen LogP contribution in [0.4, 0.5) is 5.82 Å². The molecular formula is C14H20N4OS. The molecule has 3 rings (SSSR count). The Labute approximate surface area is 124 Å². The summed E-state index contributed by atoms with van der Waals surface area (Å²) in [6, 6.07) is 4.43. The van der Waals surface area contributed by atoms with E-state index in [9.17, 15) is 0 Å². The second kappa shape index (κ2) is 6.03. The molecule has 2 aliphatic heterocycles. The summed E-state index contributed by atoms with van der Waals surface area (Å²) < 4.78 is 5.90. The maximum absolute atomic E-state index is 5.90. The number of anilines is 1. The molecule has 0 spiro atoms. The van der Waals surface area contributed by atoms with Gasteiger partial charge in [-0.2, -0.15) is 0 Å². The van der Waals surface area contributed by atoms with E-state index in [2.05, 4.69) is 15.2 Å². The maximum atomic E-state index is 5.90.